The third-order valence-electron chi connectivity index (χ3n) is 3.70. The molecule has 0 unspecified atom stereocenters. The molecule has 4 nitrogen and oxygen atoms in total. The van der Waals surface area contributed by atoms with Gasteiger partial charge in [0.2, 0.25) is 0 Å². The summed E-state index contributed by atoms with van der Waals surface area (Å²) in [4.78, 5) is 11.6. The van der Waals surface area contributed by atoms with Crippen LogP contribution in [0.1, 0.15) is 20.3 Å². The molecule has 0 saturated heterocycles. The van der Waals surface area contributed by atoms with Gasteiger partial charge in [0.25, 0.3) is 0 Å². The van der Waals surface area contributed by atoms with Crippen LogP contribution < -0.4 is 21.2 Å². The summed E-state index contributed by atoms with van der Waals surface area (Å²) in [7, 11) is -2.68. The number of urea groups is 1. The smallest absolute Gasteiger partial charge is 0.314 e. The molecule has 2 aromatic rings. The van der Waals surface area contributed by atoms with E-state index in [0.29, 0.717) is 19.1 Å². The average Bonchev–Trinajstić information content (AvgIpc) is 2.59. The molecule has 0 saturated carbocycles. The number of nitrogens with one attached hydrogen (secondary N) is 2. The van der Waals surface area contributed by atoms with Gasteiger partial charge in [-0.1, -0.05) is 60.7 Å². The maximum Gasteiger partial charge on any atom is 0.314 e. The van der Waals surface area contributed by atoms with Crippen LogP contribution in [-0.2, 0) is 4.57 Å². The quantitative estimate of drug-likeness (QED) is 0.599. The first kappa shape index (κ1) is 18.3. The summed E-state index contributed by atoms with van der Waals surface area (Å²) >= 11 is 0. The van der Waals surface area contributed by atoms with Gasteiger partial charge in [0.05, 0.1) is 0 Å². The summed E-state index contributed by atoms with van der Waals surface area (Å²) in [6.07, 6.45) is 1.19. The van der Waals surface area contributed by atoms with Gasteiger partial charge in [-0.25, -0.2) is 4.79 Å². The van der Waals surface area contributed by atoms with Crippen molar-refractivity contribution in [2.24, 2.45) is 0 Å². The zero-order valence-corrected chi connectivity index (χ0v) is 15.1. The number of carbonyl (C=O) groups excluding carboxylic acids is 1. The van der Waals surface area contributed by atoms with Gasteiger partial charge in [-0.05, 0) is 20.3 Å². The number of benzene rings is 2. The number of amides is 2. The van der Waals surface area contributed by atoms with E-state index < -0.39 is 7.14 Å². The Morgan fingerprint density at radius 3 is 1.92 bits per heavy atom. The molecule has 2 rings (SSSR count). The van der Waals surface area contributed by atoms with Crippen LogP contribution >= 0.6 is 7.14 Å². The molecular formula is C19H25N2O2P. The second-order valence-electron chi connectivity index (χ2n) is 6.04. The van der Waals surface area contributed by atoms with Crippen molar-refractivity contribution < 1.29 is 9.36 Å². The highest BCUT2D eigenvalue weighted by Gasteiger charge is 2.26. The molecule has 0 heterocycles. The highest BCUT2D eigenvalue weighted by atomic mass is 31.2. The molecule has 128 valence electrons. The van der Waals surface area contributed by atoms with Gasteiger partial charge < -0.3 is 15.2 Å². The Morgan fingerprint density at radius 2 is 1.46 bits per heavy atom. The minimum atomic E-state index is -2.68. The Balaban J connectivity index is 2.06. The third kappa shape index (κ3) is 4.97. The lowest BCUT2D eigenvalue weighted by Crippen LogP contribution is -2.40. The van der Waals surface area contributed by atoms with Crippen LogP contribution in [0.3, 0.4) is 0 Å². The molecule has 24 heavy (non-hydrogen) atoms. The maximum atomic E-state index is 13.7. The zero-order chi connectivity index (χ0) is 17.4. The van der Waals surface area contributed by atoms with Crippen LogP contribution in [0.5, 0.6) is 0 Å². The molecule has 0 spiro atoms. The topological polar surface area (TPSA) is 58.2 Å². The van der Waals surface area contributed by atoms with Crippen LogP contribution in [0.25, 0.3) is 0 Å². The molecule has 0 aromatic heterocycles. The van der Waals surface area contributed by atoms with E-state index in [0.717, 1.165) is 10.6 Å². The van der Waals surface area contributed by atoms with E-state index in [9.17, 15) is 9.36 Å². The second-order valence-corrected chi connectivity index (χ2v) is 9.00. The van der Waals surface area contributed by atoms with Gasteiger partial charge in [-0.3, -0.25) is 0 Å². The molecule has 0 aliphatic rings. The molecule has 0 fully saturated rings. The summed E-state index contributed by atoms with van der Waals surface area (Å²) in [5.74, 6) is 0. The van der Waals surface area contributed by atoms with Crippen molar-refractivity contribution in [3.63, 3.8) is 0 Å². The fourth-order valence-electron chi connectivity index (χ4n) is 2.56. The predicted octanol–water partition coefficient (Wildman–Crippen LogP) is 3.10. The van der Waals surface area contributed by atoms with Crippen molar-refractivity contribution in [3.8, 4) is 0 Å². The van der Waals surface area contributed by atoms with E-state index in [1.165, 1.54) is 0 Å². The minimum absolute atomic E-state index is 0.102. The van der Waals surface area contributed by atoms with Gasteiger partial charge >= 0.3 is 6.03 Å². The van der Waals surface area contributed by atoms with Gasteiger partial charge in [0.1, 0.15) is 7.14 Å². The largest absolute Gasteiger partial charge is 0.338 e. The van der Waals surface area contributed by atoms with E-state index in [4.69, 9.17) is 0 Å². The van der Waals surface area contributed by atoms with E-state index in [1.54, 1.807) is 0 Å². The monoisotopic (exact) mass is 344 g/mol. The minimum Gasteiger partial charge on any atom is -0.338 e. The van der Waals surface area contributed by atoms with Crippen molar-refractivity contribution in [2.75, 3.05) is 12.7 Å². The SMILES string of the molecule is CC(C)NC(=O)NCCCP(=O)(c1ccccc1)c1ccccc1. The molecule has 2 aromatic carbocycles. The van der Waals surface area contributed by atoms with Crippen LogP contribution in [-0.4, -0.2) is 24.8 Å². The third-order valence-corrected chi connectivity index (χ3v) is 6.91. The molecule has 2 N–H and O–H groups in total. The lowest BCUT2D eigenvalue weighted by molar-refractivity contribution is 0.238. The molecule has 0 radical (unpaired) electrons. The number of rotatable bonds is 7. The van der Waals surface area contributed by atoms with Crippen molar-refractivity contribution in [1.82, 2.24) is 10.6 Å². The molecule has 2 amide bonds. The first-order valence-electron chi connectivity index (χ1n) is 8.27. The van der Waals surface area contributed by atoms with Crippen LogP contribution in [0.4, 0.5) is 4.79 Å². The van der Waals surface area contributed by atoms with E-state index in [2.05, 4.69) is 10.6 Å². The number of hydrogen-bond donors (Lipinski definition) is 2. The van der Waals surface area contributed by atoms with Crippen LogP contribution in [0.2, 0.25) is 0 Å². The Labute approximate surface area is 144 Å². The molecule has 0 bridgehead atoms. The van der Waals surface area contributed by atoms with Gasteiger partial charge in [0, 0.05) is 29.4 Å². The van der Waals surface area contributed by atoms with Crippen molar-refractivity contribution in [1.29, 1.82) is 0 Å². The summed E-state index contributed by atoms with van der Waals surface area (Å²) in [6, 6.07) is 19.1. The van der Waals surface area contributed by atoms with Crippen molar-refractivity contribution in [2.45, 2.75) is 26.3 Å². The lowest BCUT2D eigenvalue weighted by Gasteiger charge is -2.19. The first-order valence-corrected chi connectivity index (χ1v) is 10.2. The van der Waals surface area contributed by atoms with Gasteiger partial charge in [0.15, 0.2) is 0 Å². The summed E-state index contributed by atoms with van der Waals surface area (Å²) in [6.45, 7) is 4.33. The predicted molar refractivity (Wildman–Crippen MR) is 101 cm³/mol. The molecule has 0 aliphatic heterocycles. The van der Waals surface area contributed by atoms with E-state index >= 15 is 0 Å². The van der Waals surface area contributed by atoms with Crippen molar-refractivity contribution >= 4 is 23.8 Å². The van der Waals surface area contributed by atoms with Gasteiger partial charge in [-0.15, -0.1) is 0 Å². The summed E-state index contributed by atoms with van der Waals surface area (Å²) < 4.78 is 13.7. The fourth-order valence-corrected chi connectivity index (χ4v) is 5.29. The molecule has 5 heteroatoms. The average molecular weight is 344 g/mol. The van der Waals surface area contributed by atoms with E-state index in [1.807, 2.05) is 74.5 Å². The van der Waals surface area contributed by atoms with Crippen molar-refractivity contribution in [3.05, 3.63) is 60.7 Å². The highest BCUT2D eigenvalue weighted by Crippen LogP contribution is 2.43. The highest BCUT2D eigenvalue weighted by molar-refractivity contribution is 7.78. The number of carbonyl (C=O) groups is 1. The van der Waals surface area contributed by atoms with Gasteiger partial charge in [-0.2, -0.15) is 0 Å². The van der Waals surface area contributed by atoms with Crippen LogP contribution in [0, 0.1) is 0 Å². The Bertz CT molecular complexity index is 644. The molecule has 0 atom stereocenters. The van der Waals surface area contributed by atoms with E-state index in [-0.39, 0.29) is 12.1 Å². The lowest BCUT2D eigenvalue weighted by atomic mass is 10.4. The molecule has 0 aliphatic carbocycles. The number of hydrogen-bond acceptors (Lipinski definition) is 2. The Hall–Kier alpha value is -2.06. The summed E-state index contributed by atoms with van der Waals surface area (Å²) in [5.41, 5.74) is 0. The molecular weight excluding hydrogens is 319 g/mol. The zero-order valence-electron chi connectivity index (χ0n) is 14.2. The summed E-state index contributed by atoms with van der Waals surface area (Å²) in [5, 5.41) is 7.33. The Kier molecular flexibility index (Phi) is 6.62. The van der Waals surface area contributed by atoms with Crippen LogP contribution in [0.15, 0.2) is 60.7 Å². The fraction of sp³-hybridized carbons (Fsp3) is 0.316. The normalized spacial score (nSPS) is 11.3. The Morgan fingerprint density at radius 1 is 0.958 bits per heavy atom. The second kappa shape index (κ2) is 8.70. The maximum absolute atomic E-state index is 13.7. The first-order chi connectivity index (χ1) is 11.5. The standard InChI is InChI=1S/C19H25N2O2P/c1-16(2)21-19(22)20-14-9-15-24(23,17-10-5-3-6-11-17)18-12-7-4-8-13-18/h3-8,10-13,16H,9,14-15H2,1-2H3,(H2,20,21,22).